The van der Waals surface area contributed by atoms with Gasteiger partial charge in [0.15, 0.2) is 11.7 Å². The topological polar surface area (TPSA) is 83.6 Å². The summed E-state index contributed by atoms with van der Waals surface area (Å²) in [7, 11) is 1.92. The number of hydrogen-bond acceptors (Lipinski definition) is 8. The van der Waals surface area contributed by atoms with Crippen LogP contribution in [0.25, 0.3) is 5.70 Å². The van der Waals surface area contributed by atoms with Gasteiger partial charge in [0.25, 0.3) is 0 Å². The van der Waals surface area contributed by atoms with Gasteiger partial charge >= 0.3 is 0 Å². The summed E-state index contributed by atoms with van der Waals surface area (Å²) >= 11 is 1.41. The van der Waals surface area contributed by atoms with E-state index in [-0.39, 0.29) is 6.04 Å². The zero-order valence-electron chi connectivity index (χ0n) is 15.4. The van der Waals surface area contributed by atoms with Crippen molar-refractivity contribution in [3.8, 4) is 0 Å². The van der Waals surface area contributed by atoms with Crippen molar-refractivity contribution in [2.75, 3.05) is 11.9 Å². The Morgan fingerprint density at radius 2 is 2.21 bits per heavy atom. The molecule has 0 fully saturated rings. The normalized spacial score (nSPS) is 18.4. The molecule has 8 nitrogen and oxygen atoms in total. The highest BCUT2D eigenvalue weighted by atomic mass is 32.1. The molecule has 3 aromatic rings. The SMILES string of the molecule is Cc1cc(NC2=NC(c3cccnc3)=CN3C2=NCC3c2cnn(C)c2)sn1. The van der Waals surface area contributed by atoms with Gasteiger partial charge in [0.05, 0.1) is 30.2 Å². The van der Waals surface area contributed by atoms with Crippen molar-refractivity contribution < 1.29 is 0 Å². The van der Waals surface area contributed by atoms with Crippen LogP contribution in [-0.4, -0.2) is 42.3 Å². The average Bonchev–Trinajstić information content (AvgIpc) is 3.42. The van der Waals surface area contributed by atoms with Crippen LogP contribution in [0.4, 0.5) is 5.00 Å². The Morgan fingerprint density at radius 3 is 2.93 bits per heavy atom. The van der Waals surface area contributed by atoms with Crippen molar-refractivity contribution in [1.82, 2.24) is 24.0 Å². The van der Waals surface area contributed by atoms with Crippen LogP contribution in [0.3, 0.4) is 0 Å². The highest BCUT2D eigenvalue weighted by Crippen LogP contribution is 2.33. The smallest absolute Gasteiger partial charge is 0.175 e. The van der Waals surface area contributed by atoms with E-state index in [1.807, 2.05) is 61.6 Å². The van der Waals surface area contributed by atoms with E-state index >= 15 is 0 Å². The average molecular weight is 390 g/mol. The minimum Gasteiger partial charge on any atom is -0.328 e. The molecule has 1 N–H and O–H groups in total. The van der Waals surface area contributed by atoms with E-state index in [9.17, 15) is 0 Å². The summed E-state index contributed by atoms with van der Waals surface area (Å²) in [6.45, 7) is 2.63. The maximum absolute atomic E-state index is 4.84. The quantitative estimate of drug-likeness (QED) is 0.743. The first-order valence-corrected chi connectivity index (χ1v) is 9.68. The molecule has 0 saturated heterocycles. The predicted octanol–water partition coefficient (Wildman–Crippen LogP) is 2.86. The summed E-state index contributed by atoms with van der Waals surface area (Å²) in [6.07, 6.45) is 9.56. The van der Waals surface area contributed by atoms with E-state index in [1.54, 1.807) is 6.20 Å². The number of amidine groups is 2. The van der Waals surface area contributed by atoms with E-state index in [0.29, 0.717) is 6.54 Å². The lowest BCUT2D eigenvalue weighted by molar-refractivity contribution is 0.460. The first-order chi connectivity index (χ1) is 13.7. The number of aliphatic imine (C=N–C) groups is 2. The lowest BCUT2D eigenvalue weighted by Gasteiger charge is -2.28. The molecule has 0 aliphatic carbocycles. The molecule has 2 aliphatic heterocycles. The van der Waals surface area contributed by atoms with Crippen molar-refractivity contribution in [2.24, 2.45) is 17.0 Å². The second kappa shape index (κ2) is 6.68. The lowest BCUT2D eigenvalue weighted by atomic mass is 10.1. The van der Waals surface area contributed by atoms with E-state index in [4.69, 9.17) is 9.98 Å². The maximum Gasteiger partial charge on any atom is 0.175 e. The van der Waals surface area contributed by atoms with Gasteiger partial charge in [-0.1, -0.05) is 0 Å². The van der Waals surface area contributed by atoms with Gasteiger partial charge < -0.3 is 10.2 Å². The van der Waals surface area contributed by atoms with E-state index in [0.717, 1.165) is 39.2 Å². The second-order valence-corrected chi connectivity index (χ2v) is 7.51. The number of hydrogen-bond donors (Lipinski definition) is 1. The molecule has 0 bridgehead atoms. The molecule has 0 amide bonds. The zero-order chi connectivity index (χ0) is 19.1. The Bertz CT molecular complexity index is 1110. The van der Waals surface area contributed by atoms with Crippen molar-refractivity contribution >= 4 is 33.9 Å². The molecule has 1 atom stereocenters. The summed E-state index contributed by atoms with van der Waals surface area (Å²) in [5, 5.41) is 8.66. The van der Waals surface area contributed by atoms with Gasteiger partial charge in [0.2, 0.25) is 0 Å². The third-order valence-corrected chi connectivity index (χ3v) is 5.43. The molecule has 5 heterocycles. The maximum atomic E-state index is 4.84. The van der Waals surface area contributed by atoms with Crippen molar-refractivity contribution in [3.05, 3.63) is 66.0 Å². The molecule has 0 spiro atoms. The summed E-state index contributed by atoms with van der Waals surface area (Å²) in [5.74, 6) is 1.55. The molecule has 0 aromatic carbocycles. The third kappa shape index (κ3) is 2.99. The minimum atomic E-state index is 0.0888. The summed E-state index contributed by atoms with van der Waals surface area (Å²) in [5.41, 5.74) is 3.90. The molecule has 28 heavy (non-hydrogen) atoms. The monoisotopic (exact) mass is 390 g/mol. The fraction of sp³-hybridized carbons (Fsp3) is 0.211. The van der Waals surface area contributed by atoms with E-state index in [1.165, 1.54) is 11.5 Å². The highest BCUT2D eigenvalue weighted by molar-refractivity contribution is 7.10. The van der Waals surface area contributed by atoms with Gasteiger partial charge in [-0.2, -0.15) is 9.47 Å². The first kappa shape index (κ1) is 16.8. The van der Waals surface area contributed by atoms with Gasteiger partial charge in [-0.25, -0.2) is 4.99 Å². The standard InChI is InChI=1S/C19H18N8S/c1-12-6-17(28-25-12)24-18-19-21-9-16(14-8-22-26(2)10-14)27(19)11-15(23-18)13-4-3-5-20-7-13/h3-8,10-11,16H,9H2,1-2H3,(H,23,24). The Labute approximate surface area is 166 Å². The minimum absolute atomic E-state index is 0.0888. The van der Waals surface area contributed by atoms with Gasteiger partial charge in [-0.05, 0) is 36.7 Å². The number of nitrogens with one attached hydrogen (secondary N) is 1. The summed E-state index contributed by atoms with van der Waals surface area (Å²) in [6, 6.07) is 6.02. The summed E-state index contributed by atoms with van der Waals surface area (Å²) < 4.78 is 6.16. The second-order valence-electron chi connectivity index (χ2n) is 6.71. The predicted molar refractivity (Wildman–Crippen MR) is 110 cm³/mol. The zero-order valence-corrected chi connectivity index (χ0v) is 16.3. The molecule has 9 heteroatoms. The number of rotatable bonds is 3. The number of nitrogens with zero attached hydrogens (tertiary/aromatic N) is 7. The lowest BCUT2D eigenvalue weighted by Crippen LogP contribution is -2.37. The molecular formula is C19H18N8S. The molecule has 1 unspecified atom stereocenters. The molecule has 3 aromatic heterocycles. The van der Waals surface area contributed by atoms with Crippen LogP contribution in [0.5, 0.6) is 0 Å². The fourth-order valence-corrected chi connectivity index (χ4v) is 3.98. The number of fused-ring (bicyclic) bond motifs is 1. The van der Waals surface area contributed by atoms with E-state index in [2.05, 4.69) is 24.7 Å². The number of aromatic nitrogens is 4. The highest BCUT2D eigenvalue weighted by Gasteiger charge is 2.34. The number of aryl methyl sites for hydroxylation is 2. The van der Waals surface area contributed by atoms with Crippen molar-refractivity contribution in [3.63, 3.8) is 0 Å². The van der Waals surface area contributed by atoms with Crippen LogP contribution in [-0.2, 0) is 7.05 Å². The first-order valence-electron chi connectivity index (χ1n) is 8.90. The Balaban J connectivity index is 1.55. The van der Waals surface area contributed by atoms with Gasteiger partial charge in [0.1, 0.15) is 5.00 Å². The number of pyridine rings is 1. The van der Waals surface area contributed by atoms with Crippen LogP contribution < -0.4 is 5.32 Å². The number of anilines is 1. The Morgan fingerprint density at radius 1 is 1.29 bits per heavy atom. The van der Waals surface area contributed by atoms with Crippen LogP contribution in [0, 0.1) is 6.92 Å². The van der Waals surface area contributed by atoms with Crippen molar-refractivity contribution in [1.29, 1.82) is 0 Å². The largest absolute Gasteiger partial charge is 0.328 e. The molecule has 140 valence electrons. The molecule has 0 radical (unpaired) electrons. The van der Waals surface area contributed by atoms with Gasteiger partial charge in [0, 0.05) is 43.0 Å². The molecule has 2 aliphatic rings. The van der Waals surface area contributed by atoms with E-state index < -0.39 is 0 Å². The fourth-order valence-electron chi connectivity index (χ4n) is 3.32. The van der Waals surface area contributed by atoms with Gasteiger partial charge in [-0.15, -0.1) is 0 Å². The molecule has 0 saturated carbocycles. The van der Waals surface area contributed by atoms with Crippen LogP contribution in [0.1, 0.15) is 22.9 Å². The van der Waals surface area contributed by atoms with Crippen LogP contribution in [0.2, 0.25) is 0 Å². The van der Waals surface area contributed by atoms with Crippen molar-refractivity contribution in [2.45, 2.75) is 13.0 Å². The van der Waals surface area contributed by atoms with Crippen LogP contribution in [0.15, 0.2) is 59.2 Å². The van der Waals surface area contributed by atoms with Crippen LogP contribution >= 0.6 is 11.5 Å². The molecular weight excluding hydrogens is 372 g/mol. The molecule has 5 rings (SSSR count). The van der Waals surface area contributed by atoms with Gasteiger partial charge in [-0.3, -0.25) is 14.7 Å². The Hall–Kier alpha value is -3.33. The Kier molecular flexibility index (Phi) is 4.01. The third-order valence-electron chi connectivity index (χ3n) is 4.64. The summed E-state index contributed by atoms with van der Waals surface area (Å²) in [4.78, 5) is 16.0.